The van der Waals surface area contributed by atoms with E-state index in [4.69, 9.17) is 0 Å². The largest absolute Gasteiger partial charge is 0.297 e. The van der Waals surface area contributed by atoms with Gasteiger partial charge in [0.25, 0.3) is 5.91 Å². The fraction of sp³-hybridized carbons (Fsp3) is 0.333. The molecule has 0 unspecified atom stereocenters. The zero-order valence-electron chi connectivity index (χ0n) is 8.94. The third-order valence-corrected chi connectivity index (χ3v) is 2.74. The molecule has 2 aromatic heterocycles. The molecule has 0 bridgehead atoms. The molecule has 1 amide bonds. The number of hydrogen-bond donors (Lipinski definition) is 2. The first-order chi connectivity index (χ1) is 7.69. The zero-order chi connectivity index (χ0) is 11.5. The number of amides is 1. The number of H-pyrrole nitrogens is 1. The van der Waals surface area contributed by atoms with Crippen molar-refractivity contribution in [3.05, 3.63) is 22.7 Å². The van der Waals surface area contributed by atoms with Crippen molar-refractivity contribution < 1.29 is 4.79 Å². The van der Waals surface area contributed by atoms with Crippen LogP contribution in [0.2, 0.25) is 0 Å². The maximum atomic E-state index is 11.7. The van der Waals surface area contributed by atoms with Crippen molar-refractivity contribution in [3.8, 4) is 0 Å². The summed E-state index contributed by atoms with van der Waals surface area (Å²) < 4.78 is 0. The summed E-state index contributed by atoms with van der Waals surface area (Å²) in [4.78, 5) is 20.8. The van der Waals surface area contributed by atoms with Gasteiger partial charge in [-0.2, -0.15) is 0 Å². The summed E-state index contributed by atoms with van der Waals surface area (Å²) >= 11 is 1.41. The minimum Gasteiger partial charge on any atom is -0.295 e. The van der Waals surface area contributed by atoms with Crippen LogP contribution in [0.3, 0.4) is 0 Å². The average Bonchev–Trinajstić information content (AvgIpc) is 2.87. The van der Waals surface area contributed by atoms with Crippen LogP contribution in [0.1, 0.15) is 28.2 Å². The highest BCUT2D eigenvalue weighted by molar-refractivity contribution is 7.15. The number of nitrogens with one attached hydrogen (secondary N) is 2. The van der Waals surface area contributed by atoms with E-state index in [9.17, 15) is 4.79 Å². The van der Waals surface area contributed by atoms with Crippen molar-refractivity contribution in [2.45, 2.75) is 20.3 Å². The number of aromatic amines is 1. The van der Waals surface area contributed by atoms with Crippen LogP contribution in [0.5, 0.6) is 0 Å². The molecule has 2 aromatic rings. The second-order valence-electron chi connectivity index (χ2n) is 3.19. The third kappa shape index (κ3) is 2.25. The minimum atomic E-state index is -0.342. The molecule has 0 atom stereocenters. The van der Waals surface area contributed by atoms with Crippen molar-refractivity contribution in [1.29, 1.82) is 0 Å². The van der Waals surface area contributed by atoms with Gasteiger partial charge in [0, 0.05) is 17.5 Å². The Morgan fingerprint density at radius 3 is 3.00 bits per heavy atom. The lowest BCUT2D eigenvalue weighted by molar-refractivity contribution is 0.101. The molecular formula is C9H11N5OS. The number of nitrogens with zero attached hydrogens (tertiary/aromatic N) is 3. The standard InChI is InChI=1S/C9H11N5OS/c1-3-6-11-7(14-13-6)8(15)12-9-10-4-5(2)16-9/h4H,3H2,1-2H3,(H,10,12,15)(H,11,13,14). The maximum Gasteiger partial charge on any atom is 0.297 e. The molecule has 0 aliphatic carbocycles. The quantitative estimate of drug-likeness (QED) is 0.844. The molecule has 2 N–H and O–H groups in total. The molecule has 0 spiro atoms. The summed E-state index contributed by atoms with van der Waals surface area (Å²) in [5.41, 5.74) is 0. The first-order valence-electron chi connectivity index (χ1n) is 4.84. The molecule has 7 heteroatoms. The molecular weight excluding hydrogens is 226 g/mol. The van der Waals surface area contributed by atoms with Crippen LogP contribution in [0.15, 0.2) is 6.20 Å². The van der Waals surface area contributed by atoms with Crippen LogP contribution in [0.4, 0.5) is 5.13 Å². The van der Waals surface area contributed by atoms with Gasteiger partial charge >= 0.3 is 0 Å². The van der Waals surface area contributed by atoms with E-state index in [0.717, 1.165) is 11.3 Å². The Hall–Kier alpha value is -1.76. The van der Waals surface area contributed by atoms with Crippen LogP contribution in [0.25, 0.3) is 0 Å². The van der Waals surface area contributed by atoms with Crippen molar-refractivity contribution in [3.63, 3.8) is 0 Å². The Bertz CT molecular complexity index is 503. The molecule has 0 saturated carbocycles. The Morgan fingerprint density at radius 2 is 2.44 bits per heavy atom. The van der Waals surface area contributed by atoms with Crippen LogP contribution >= 0.6 is 11.3 Å². The van der Waals surface area contributed by atoms with Gasteiger partial charge in [0.2, 0.25) is 5.82 Å². The maximum absolute atomic E-state index is 11.7. The van der Waals surface area contributed by atoms with Gasteiger partial charge < -0.3 is 0 Å². The second-order valence-corrected chi connectivity index (χ2v) is 4.42. The molecule has 0 radical (unpaired) electrons. The second kappa shape index (κ2) is 4.40. The predicted octanol–water partition coefficient (Wildman–Crippen LogP) is 1.38. The van der Waals surface area contributed by atoms with E-state index >= 15 is 0 Å². The third-order valence-electron chi connectivity index (χ3n) is 1.91. The number of aromatic nitrogens is 4. The summed E-state index contributed by atoms with van der Waals surface area (Å²) in [5, 5.41) is 9.71. The Labute approximate surface area is 96.1 Å². The van der Waals surface area contributed by atoms with E-state index in [1.807, 2.05) is 13.8 Å². The van der Waals surface area contributed by atoms with Crippen molar-refractivity contribution in [2.24, 2.45) is 0 Å². The van der Waals surface area contributed by atoms with E-state index < -0.39 is 0 Å². The molecule has 2 rings (SSSR count). The summed E-state index contributed by atoms with van der Waals surface area (Å²) in [5.74, 6) is 0.496. The normalized spacial score (nSPS) is 10.4. The number of anilines is 1. The van der Waals surface area contributed by atoms with Crippen molar-refractivity contribution in [1.82, 2.24) is 20.2 Å². The predicted molar refractivity (Wildman–Crippen MR) is 60.6 cm³/mol. The topological polar surface area (TPSA) is 83.6 Å². The summed E-state index contributed by atoms with van der Waals surface area (Å²) in [6.07, 6.45) is 2.42. The van der Waals surface area contributed by atoms with Crippen LogP contribution in [-0.4, -0.2) is 26.1 Å². The number of aryl methyl sites for hydroxylation is 2. The molecule has 0 saturated heterocycles. The highest BCUT2D eigenvalue weighted by Crippen LogP contribution is 2.16. The lowest BCUT2D eigenvalue weighted by Crippen LogP contribution is -2.13. The number of thiazole rings is 1. The van der Waals surface area contributed by atoms with E-state index in [1.165, 1.54) is 11.3 Å². The van der Waals surface area contributed by atoms with Gasteiger partial charge in [-0.15, -0.1) is 16.4 Å². The van der Waals surface area contributed by atoms with Gasteiger partial charge in [0.05, 0.1) is 0 Å². The smallest absolute Gasteiger partial charge is 0.295 e. The number of hydrogen-bond acceptors (Lipinski definition) is 5. The fourth-order valence-corrected chi connectivity index (χ4v) is 1.78. The molecule has 0 aliphatic heterocycles. The lowest BCUT2D eigenvalue weighted by Gasteiger charge is -1.95. The Balaban J connectivity index is 2.08. The lowest BCUT2D eigenvalue weighted by atomic mass is 10.5. The van der Waals surface area contributed by atoms with E-state index in [0.29, 0.717) is 11.0 Å². The van der Waals surface area contributed by atoms with Gasteiger partial charge in [0.1, 0.15) is 5.82 Å². The molecule has 6 nitrogen and oxygen atoms in total. The van der Waals surface area contributed by atoms with Crippen molar-refractivity contribution >= 4 is 22.4 Å². The summed E-state index contributed by atoms with van der Waals surface area (Å²) in [6.45, 7) is 3.86. The average molecular weight is 237 g/mol. The first-order valence-corrected chi connectivity index (χ1v) is 5.65. The van der Waals surface area contributed by atoms with Gasteiger partial charge in [0.15, 0.2) is 5.13 Å². The van der Waals surface area contributed by atoms with Crippen molar-refractivity contribution in [2.75, 3.05) is 5.32 Å². The summed E-state index contributed by atoms with van der Waals surface area (Å²) in [7, 11) is 0. The number of carbonyl (C=O) groups is 1. The van der Waals surface area contributed by atoms with Gasteiger partial charge in [-0.25, -0.2) is 9.97 Å². The molecule has 0 aliphatic rings. The van der Waals surface area contributed by atoms with Crippen LogP contribution < -0.4 is 5.32 Å². The van der Waals surface area contributed by atoms with Gasteiger partial charge in [-0.3, -0.25) is 15.2 Å². The van der Waals surface area contributed by atoms with Gasteiger partial charge in [-0.1, -0.05) is 6.92 Å². The number of carbonyl (C=O) groups excluding carboxylic acids is 1. The van der Waals surface area contributed by atoms with Crippen LogP contribution in [0, 0.1) is 6.92 Å². The van der Waals surface area contributed by atoms with Crippen LogP contribution in [-0.2, 0) is 6.42 Å². The highest BCUT2D eigenvalue weighted by Gasteiger charge is 2.13. The minimum absolute atomic E-state index is 0.143. The molecule has 0 aromatic carbocycles. The monoisotopic (exact) mass is 237 g/mol. The van der Waals surface area contributed by atoms with Gasteiger partial charge in [-0.05, 0) is 6.92 Å². The highest BCUT2D eigenvalue weighted by atomic mass is 32.1. The SMILES string of the molecule is CCc1nc(C(=O)Nc2ncc(C)s2)n[nH]1. The fourth-order valence-electron chi connectivity index (χ4n) is 1.12. The summed E-state index contributed by atoms with van der Waals surface area (Å²) in [6, 6.07) is 0. The zero-order valence-corrected chi connectivity index (χ0v) is 9.76. The Kier molecular flexibility index (Phi) is 2.95. The number of rotatable bonds is 3. The van der Waals surface area contributed by atoms with E-state index in [-0.39, 0.29) is 11.7 Å². The molecule has 84 valence electrons. The van der Waals surface area contributed by atoms with E-state index in [2.05, 4.69) is 25.5 Å². The molecule has 16 heavy (non-hydrogen) atoms. The first kappa shape index (κ1) is 10.7. The van der Waals surface area contributed by atoms with E-state index in [1.54, 1.807) is 6.20 Å². The molecule has 0 fully saturated rings. The molecule has 2 heterocycles. The Morgan fingerprint density at radius 1 is 1.62 bits per heavy atom.